The van der Waals surface area contributed by atoms with Gasteiger partial charge in [0.2, 0.25) is 5.91 Å². The fourth-order valence-corrected chi connectivity index (χ4v) is 2.34. The third-order valence-electron chi connectivity index (χ3n) is 3.63. The zero-order valence-electron chi connectivity index (χ0n) is 11.9. The Morgan fingerprint density at radius 1 is 1.15 bits per heavy atom. The quantitative estimate of drug-likeness (QED) is 0.828. The molecule has 1 heterocycles. The van der Waals surface area contributed by atoms with Crippen LogP contribution in [0.1, 0.15) is 29.3 Å². The zero-order chi connectivity index (χ0) is 14.7. The molecule has 0 aliphatic carbocycles. The number of nitrogens with zero attached hydrogens (tertiary/aromatic N) is 2. The van der Waals surface area contributed by atoms with Gasteiger partial charge in [-0.15, -0.1) is 0 Å². The second-order valence-corrected chi connectivity index (χ2v) is 4.99. The average molecular weight is 278 g/mol. The van der Waals surface area contributed by atoms with Crippen molar-refractivity contribution >= 4 is 11.8 Å². The number of piperazine rings is 1. The van der Waals surface area contributed by atoms with Gasteiger partial charge in [-0.2, -0.15) is 0 Å². The zero-order valence-corrected chi connectivity index (χ0v) is 11.9. The molecular formula is C15H19FN2O2. The first-order valence-electron chi connectivity index (χ1n) is 6.86. The molecule has 1 fully saturated rings. The molecule has 0 bridgehead atoms. The molecule has 5 heteroatoms. The lowest BCUT2D eigenvalue weighted by Crippen LogP contribution is -2.50. The minimum atomic E-state index is -0.306. The van der Waals surface area contributed by atoms with Crippen LogP contribution >= 0.6 is 0 Å². The Hall–Kier alpha value is -1.91. The number of benzene rings is 1. The molecule has 1 aromatic carbocycles. The van der Waals surface area contributed by atoms with Crippen LogP contribution in [-0.2, 0) is 4.79 Å². The number of carbonyl (C=O) groups is 2. The Morgan fingerprint density at radius 3 is 2.30 bits per heavy atom. The van der Waals surface area contributed by atoms with E-state index < -0.39 is 0 Å². The van der Waals surface area contributed by atoms with E-state index in [1.54, 1.807) is 22.8 Å². The summed E-state index contributed by atoms with van der Waals surface area (Å²) < 4.78 is 13.2. The third kappa shape index (κ3) is 2.98. The van der Waals surface area contributed by atoms with Crippen molar-refractivity contribution in [2.75, 3.05) is 26.2 Å². The normalized spacial score (nSPS) is 15.3. The molecule has 20 heavy (non-hydrogen) atoms. The molecule has 2 amide bonds. The minimum absolute atomic E-state index is 0.100. The molecule has 0 spiro atoms. The van der Waals surface area contributed by atoms with Gasteiger partial charge >= 0.3 is 0 Å². The van der Waals surface area contributed by atoms with Gasteiger partial charge in [0.05, 0.1) is 0 Å². The van der Waals surface area contributed by atoms with E-state index in [0.29, 0.717) is 43.7 Å². The molecule has 0 aromatic heterocycles. The van der Waals surface area contributed by atoms with Gasteiger partial charge in [0.25, 0.3) is 5.91 Å². The van der Waals surface area contributed by atoms with E-state index in [4.69, 9.17) is 0 Å². The molecular weight excluding hydrogens is 259 g/mol. The summed E-state index contributed by atoms with van der Waals surface area (Å²) in [5, 5.41) is 0. The molecule has 0 saturated carbocycles. The van der Waals surface area contributed by atoms with Gasteiger partial charge in [-0.25, -0.2) is 4.39 Å². The predicted octanol–water partition coefficient (Wildman–Crippen LogP) is 1.83. The van der Waals surface area contributed by atoms with Crippen LogP contribution in [0.4, 0.5) is 4.39 Å². The average Bonchev–Trinajstić information content (AvgIpc) is 2.48. The number of hydrogen-bond acceptors (Lipinski definition) is 2. The van der Waals surface area contributed by atoms with Gasteiger partial charge in [-0.1, -0.05) is 6.92 Å². The van der Waals surface area contributed by atoms with Crippen LogP contribution < -0.4 is 0 Å². The second kappa shape index (κ2) is 6.03. The van der Waals surface area contributed by atoms with Crippen LogP contribution in [0.2, 0.25) is 0 Å². The van der Waals surface area contributed by atoms with Gasteiger partial charge in [0, 0.05) is 38.2 Å². The molecule has 0 radical (unpaired) electrons. The Labute approximate surface area is 118 Å². The molecule has 0 atom stereocenters. The molecule has 1 aliphatic rings. The first-order valence-corrected chi connectivity index (χ1v) is 6.86. The van der Waals surface area contributed by atoms with E-state index >= 15 is 0 Å². The van der Waals surface area contributed by atoms with Crippen molar-refractivity contribution in [3.8, 4) is 0 Å². The minimum Gasteiger partial charge on any atom is -0.339 e. The van der Waals surface area contributed by atoms with E-state index in [1.165, 1.54) is 12.1 Å². The van der Waals surface area contributed by atoms with Crippen molar-refractivity contribution < 1.29 is 14.0 Å². The smallest absolute Gasteiger partial charge is 0.253 e. The van der Waals surface area contributed by atoms with E-state index in [-0.39, 0.29) is 17.6 Å². The van der Waals surface area contributed by atoms with Crippen LogP contribution in [0, 0.1) is 12.7 Å². The number of hydrogen-bond donors (Lipinski definition) is 0. The van der Waals surface area contributed by atoms with Crippen LogP contribution in [-0.4, -0.2) is 47.8 Å². The number of rotatable bonds is 2. The van der Waals surface area contributed by atoms with Crippen molar-refractivity contribution in [2.24, 2.45) is 0 Å². The molecule has 0 unspecified atom stereocenters. The summed E-state index contributed by atoms with van der Waals surface area (Å²) in [6.45, 7) is 5.67. The van der Waals surface area contributed by atoms with E-state index in [9.17, 15) is 14.0 Å². The standard InChI is InChI=1S/C15H19FN2O2/c1-3-14(19)17-6-8-18(9-7-17)15(20)12-4-5-13(16)11(2)10-12/h4-5,10H,3,6-9H2,1-2H3. The molecule has 1 saturated heterocycles. The highest BCUT2D eigenvalue weighted by Gasteiger charge is 2.24. The largest absolute Gasteiger partial charge is 0.339 e. The fourth-order valence-electron chi connectivity index (χ4n) is 2.34. The summed E-state index contributed by atoms with van der Waals surface area (Å²) in [5.74, 6) is -0.286. The lowest BCUT2D eigenvalue weighted by Gasteiger charge is -2.34. The number of halogens is 1. The Balaban J connectivity index is 2.01. The van der Waals surface area contributed by atoms with Gasteiger partial charge < -0.3 is 9.80 Å². The molecule has 1 aromatic rings. The third-order valence-corrected chi connectivity index (χ3v) is 3.63. The SMILES string of the molecule is CCC(=O)N1CCN(C(=O)c2ccc(F)c(C)c2)CC1. The van der Waals surface area contributed by atoms with Gasteiger partial charge in [0.15, 0.2) is 0 Å². The fraction of sp³-hybridized carbons (Fsp3) is 0.467. The van der Waals surface area contributed by atoms with Crippen LogP contribution in [0.5, 0.6) is 0 Å². The molecule has 1 aliphatic heterocycles. The van der Waals surface area contributed by atoms with Crippen LogP contribution in [0.25, 0.3) is 0 Å². The van der Waals surface area contributed by atoms with Crippen molar-refractivity contribution in [3.05, 3.63) is 35.1 Å². The van der Waals surface area contributed by atoms with Crippen molar-refractivity contribution in [2.45, 2.75) is 20.3 Å². The summed E-state index contributed by atoms with van der Waals surface area (Å²) in [7, 11) is 0. The number of carbonyl (C=O) groups excluding carboxylic acids is 2. The highest BCUT2D eigenvalue weighted by molar-refractivity contribution is 5.94. The molecule has 0 N–H and O–H groups in total. The van der Waals surface area contributed by atoms with Crippen molar-refractivity contribution in [1.29, 1.82) is 0 Å². The maximum atomic E-state index is 13.2. The van der Waals surface area contributed by atoms with Crippen LogP contribution in [0.3, 0.4) is 0 Å². The maximum Gasteiger partial charge on any atom is 0.253 e. The molecule has 4 nitrogen and oxygen atoms in total. The van der Waals surface area contributed by atoms with Crippen LogP contribution in [0.15, 0.2) is 18.2 Å². The van der Waals surface area contributed by atoms with Gasteiger partial charge in [-0.05, 0) is 30.7 Å². The summed E-state index contributed by atoms with van der Waals surface area (Å²) in [4.78, 5) is 27.4. The maximum absolute atomic E-state index is 13.2. The van der Waals surface area contributed by atoms with Gasteiger partial charge in [-0.3, -0.25) is 9.59 Å². The van der Waals surface area contributed by atoms with Crippen molar-refractivity contribution in [3.63, 3.8) is 0 Å². The summed E-state index contributed by atoms with van der Waals surface area (Å²) in [6.07, 6.45) is 0.491. The second-order valence-electron chi connectivity index (χ2n) is 4.99. The van der Waals surface area contributed by atoms with Gasteiger partial charge in [0.1, 0.15) is 5.82 Å². The first kappa shape index (κ1) is 14.5. The summed E-state index contributed by atoms with van der Waals surface area (Å²) in [6, 6.07) is 4.40. The summed E-state index contributed by atoms with van der Waals surface area (Å²) >= 11 is 0. The lowest BCUT2D eigenvalue weighted by molar-refractivity contribution is -0.132. The highest BCUT2D eigenvalue weighted by atomic mass is 19.1. The Kier molecular flexibility index (Phi) is 4.37. The monoisotopic (exact) mass is 278 g/mol. The lowest BCUT2D eigenvalue weighted by atomic mass is 10.1. The number of amides is 2. The Bertz CT molecular complexity index is 523. The van der Waals surface area contributed by atoms with Crippen molar-refractivity contribution in [1.82, 2.24) is 9.80 Å². The van der Waals surface area contributed by atoms with E-state index in [0.717, 1.165) is 0 Å². The molecule has 2 rings (SSSR count). The highest BCUT2D eigenvalue weighted by Crippen LogP contribution is 2.13. The Morgan fingerprint density at radius 2 is 1.75 bits per heavy atom. The molecule has 108 valence electrons. The number of aryl methyl sites for hydroxylation is 1. The first-order chi connectivity index (χ1) is 9.52. The van der Waals surface area contributed by atoms with E-state index in [2.05, 4.69) is 0 Å². The van der Waals surface area contributed by atoms with E-state index in [1.807, 2.05) is 6.92 Å². The topological polar surface area (TPSA) is 40.6 Å². The summed E-state index contributed by atoms with van der Waals surface area (Å²) in [5.41, 5.74) is 0.967. The predicted molar refractivity (Wildman–Crippen MR) is 73.9 cm³/mol.